The fraction of sp³-hybridized carbons (Fsp3) is 0.200. The first-order valence-electron chi connectivity index (χ1n) is 13.0. The van der Waals surface area contributed by atoms with Crippen molar-refractivity contribution in [2.75, 3.05) is 6.61 Å². The molecule has 1 fully saturated rings. The third kappa shape index (κ3) is 5.65. The summed E-state index contributed by atoms with van der Waals surface area (Å²) in [6.45, 7) is 0.785. The number of carboxylic acids is 1. The monoisotopic (exact) mass is 594 g/mol. The van der Waals surface area contributed by atoms with Gasteiger partial charge >= 0.3 is 5.97 Å². The maximum absolute atomic E-state index is 15.4. The highest BCUT2D eigenvalue weighted by molar-refractivity contribution is 6.30. The second-order valence-corrected chi connectivity index (χ2v) is 10.2. The van der Waals surface area contributed by atoms with Crippen LogP contribution >= 0.6 is 11.6 Å². The number of hydrogen-bond donors (Lipinski definition) is 1. The predicted molar refractivity (Wildman–Crippen MR) is 147 cm³/mol. The summed E-state index contributed by atoms with van der Waals surface area (Å²) in [5, 5.41) is 9.61. The number of pyridine rings is 2. The Bertz CT molecular complexity index is 1830. The molecule has 12 heteroatoms. The van der Waals surface area contributed by atoms with Gasteiger partial charge in [0, 0.05) is 29.2 Å². The van der Waals surface area contributed by atoms with Crippen LogP contribution in [0, 0.1) is 17.5 Å². The van der Waals surface area contributed by atoms with Gasteiger partial charge in [-0.05, 0) is 60.5 Å². The number of benzene rings is 2. The van der Waals surface area contributed by atoms with Gasteiger partial charge in [-0.25, -0.2) is 32.9 Å². The van der Waals surface area contributed by atoms with Crippen molar-refractivity contribution in [3.8, 4) is 17.1 Å². The number of rotatable bonds is 9. The van der Waals surface area contributed by atoms with Crippen molar-refractivity contribution >= 4 is 28.7 Å². The van der Waals surface area contributed by atoms with Crippen molar-refractivity contribution in [2.24, 2.45) is 0 Å². The minimum Gasteiger partial charge on any atom is -0.477 e. The van der Waals surface area contributed by atoms with E-state index in [1.165, 1.54) is 36.4 Å². The molecule has 1 aliphatic heterocycles. The molecule has 0 radical (unpaired) electrons. The molecule has 1 atom stereocenters. The highest BCUT2D eigenvalue weighted by atomic mass is 35.5. The first-order chi connectivity index (χ1) is 20.2. The second-order valence-electron chi connectivity index (χ2n) is 9.76. The lowest BCUT2D eigenvalue weighted by Gasteiger charge is -2.27. The van der Waals surface area contributed by atoms with Crippen LogP contribution in [0.2, 0.25) is 5.02 Å². The molecule has 1 unspecified atom stereocenters. The normalized spacial score (nSPS) is 14.6. The highest BCUT2D eigenvalue weighted by Gasteiger charge is 2.23. The van der Waals surface area contributed by atoms with Crippen LogP contribution in [-0.4, -0.2) is 43.3 Å². The molecule has 0 spiro atoms. The minimum absolute atomic E-state index is 0.0484. The number of ether oxygens (including phenoxy) is 2. The van der Waals surface area contributed by atoms with Gasteiger partial charge in [0.15, 0.2) is 17.2 Å². The Morgan fingerprint density at radius 3 is 2.55 bits per heavy atom. The summed E-state index contributed by atoms with van der Waals surface area (Å²) in [4.78, 5) is 24.5. The summed E-state index contributed by atoms with van der Waals surface area (Å²) in [6.07, 6.45) is 1.04. The number of carboxylic acid groups (broad SMARTS) is 1. The Morgan fingerprint density at radius 2 is 1.83 bits per heavy atom. The topological polar surface area (TPSA) is 99.4 Å². The van der Waals surface area contributed by atoms with E-state index in [1.54, 1.807) is 12.1 Å². The average molecular weight is 595 g/mol. The first kappa shape index (κ1) is 27.7. The molecule has 1 N–H and O–H groups in total. The van der Waals surface area contributed by atoms with Gasteiger partial charge in [-0.2, -0.15) is 0 Å². The molecular formula is C30H22ClF3N4O4. The van der Waals surface area contributed by atoms with Crippen molar-refractivity contribution in [2.45, 2.75) is 32.1 Å². The fourth-order valence-electron chi connectivity index (χ4n) is 4.65. The number of aromatic nitrogens is 4. The van der Waals surface area contributed by atoms with E-state index >= 15 is 4.39 Å². The van der Waals surface area contributed by atoms with Gasteiger partial charge in [0.05, 0.1) is 18.3 Å². The van der Waals surface area contributed by atoms with Crippen molar-refractivity contribution in [1.29, 1.82) is 0 Å². The van der Waals surface area contributed by atoms with Crippen molar-refractivity contribution in [1.82, 2.24) is 19.5 Å². The molecule has 5 aromatic rings. The number of imidazole rings is 1. The van der Waals surface area contributed by atoms with Gasteiger partial charge in [-0.3, -0.25) is 0 Å². The molecule has 6 rings (SSSR count). The van der Waals surface area contributed by atoms with Crippen LogP contribution in [-0.2, 0) is 24.3 Å². The van der Waals surface area contributed by atoms with Gasteiger partial charge in [0.1, 0.15) is 29.6 Å². The maximum atomic E-state index is 15.4. The number of nitrogens with zero attached hydrogens (tertiary/aromatic N) is 4. The Morgan fingerprint density at radius 1 is 1.00 bits per heavy atom. The van der Waals surface area contributed by atoms with E-state index in [1.807, 2.05) is 4.57 Å². The average Bonchev–Trinajstić information content (AvgIpc) is 3.27. The zero-order chi connectivity index (χ0) is 29.4. The van der Waals surface area contributed by atoms with Gasteiger partial charge in [0.2, 0.25) is 0 Å². The Hall–Kier alpha value is -4.48. The van der Waals surface area contributed by atoms with E-state index in [4.69, 9.17) is 21.1 Å². The smallest absolute Gasteiger partial charge is 0.354 e. The summed E-state index contributed by atoms with van der Waals surface area (Å²) in [5.74, 6) is -2.95. The van der Waals surface area contributed by atoms with Crippen LogP contribution in [0.5, 0.6) is 5.88 Å². The Balaban J connectivity index is 1.25. The van der Waals surface area contributed by atoms with Gasteiger partial charge in [-0.1, -0.05) is 23.7 Å². The largest absolute Gasteiger partial charge is 0.477 e. The highest BCUT2D eigenvalue weighted by Crippen LogP contribution is 2.28. The second kappa shape index (κ2) is 11.4. The van der Waals surface area contributed by atoms with Gasteiger partial charge in [0.25, 0.3) is 5.88 Å². The summed E-state index contributed by atoms with van der Waals surface area (Å²) in [6, 6.07) is 14.0. The zero-order valence-electron chi connectivity index (χ0n) is 21.9. The number of carbonyl (C=O) groups is 1. The number of fused-ring (bicyclic) bond motifs is 1. The molecule has 0 aliphatic carbocycles. The van der Waals surface area contributed by atoms with E-state index in [9.17, 15) is 18.7 Å². The summed E-state index contributed by atoms with van der Waals surface area (Å²) >= 11 is 5.77. The minimum atomic E-state index is -1.15. The molecule has 0 amide bonds. The maximum Gasteiger partial charge on any atom is 0.354 e. The van der Waals surface area contributed by atoms with E-state index in [0.29, 0.717) is 35.7 Å². The standard InChI is InChI=1S/C30H22ClF3N4O4/c31-18-3-2-17(22(33)13-18)15-42-29-21(32)5-6-24(37-29)20-4-1-16(11-23(20)34)12-27-35-25-7-8-26(30(39)40)36-28(25)38(27)14-19-9-10-41-19/h1-8,11,13,19H,9-10,12,14-15H2,(H,39,40). The molecule has 8 nitrogen and oxygen atoms in total. The molecule has 214 valence electrons. The number of halogens is 4. The molecule has 1 saturated heterocycles. The quantitative estimate of drug-likeness (QED) is 0.216. The van der Waals surface area contributed by atoms with Crippen LogP contribution in [0.15, 0.2) is 60.7 Å². The van der Waals surface area contributed by atoms with Crippen LogP contribution < -0.4 is 4.74 Å². The molecule has 1 aliphatic rings. The molecule has 4 heterocycles. The lowest BCUT2D eigenvalue weighted by Crippen LogP contribution is -2.32. The van der Waals surface area contributed by atoms with Crippen molar-refractivity contribution in [3.05, 3.63) is 106 Å². The number of aromatic carboxylic acids is 1. The van der Waals surface area contributed by atoms with Crippen molar-refractivity contribution in [3.63, 3.8) is 0 Å². The molecule has 42 heavy (non-hydrogen) atoms. The molecule has 0 bridgehead atoms. The predicted octanol–water partition coefficient (Wildman–Crippen LogP) is 6.22. The van der Waals surface area contributed by atoms with Gasteiger partial charge < -0.3 is 19.1 Å². The summed E-state index contributed by atoms with van der Waals surface area (Å²) < 4.78 is 56.7. The molecule has 0 saturated carbocycles. The SMILES string of the molecule is O=C(O)c1ccc2nc(Cc3ccc(-c4ccc(F)c(OCc5ccc(Cl)cc5F)n4)c(F)c3)n(CC3CCO3)c2n1. The van der Waals surface area contributed by atoms with Crippen molar-refractivity contribution < 1.29 is 32.5 Å². The number of hydrogen-bond acceptors (Lipinski definition) is 6. The Labute approximate surface area is 242 Å². The molecule has 3 aromatic heterocycles. The zero-order valence-corrected chi connectivity index (χ0v) is 22.6. The van der Waals surface area contributed by atoms with E-state index in [0.717, 1.165) is 18.6 Å². The Kier molecular flexibility index (Phi) is 7.53. The summed E-state index contributed by atoms with van der Waals surface area (Å²) in [5.41, 5.74) is 1.83. The fourth-order valence-corrected chi connectivity index (χ4v) is 4.80. The third-order valence-electron chi connectivity index (χ3n) is 6.94. The lowest BCUT2D eigenvalue weighted by molar-refractivity contribution is -0.0590. The van der Waals surface area contributed by atoms with Gasteiger partial charge in [-0.15, -0.1) is 0 Å². The van der Waals surface area contributed by atoms with Crippen LogP contribution in [0.4, 0.5) is 13.2 Å². The molecule has 2 aromatic carbocycles. The molecular weight excluding hydrogens is 573 g/mol. The van der Waals surface area contributed by atoms with Crippen LogP contribution in [0.1, 0.15) is 33.9 Å². The first-order valence-corrected chi connectivity index (χ1v) is 13.4. The van der Waals surface area contributed by atoms with E-state index < -0.39 is 29.3 Å². The van der Waals surface area contributed by atoms with Crippen LogP contribution in [0.3, 0.4) is 0 Å². The lowest BCUT2D eigenvalue weighted by atomic mass is 10.1. The van der Waals surface area contributed by atoms with E-state index in [-0.39, 0.29) is 46.7 Å². The van der Waals surface area contributed by atoms with E-state index in [2.05, 4.69) is 15.0 Å². The van der Waals surface area contributed by atoms with Crippen LogP contribution in [0.25, 0.3) is 22.4 Å². The third-order valence-corrected chi connectivity index (χ3v) is 7.17. The summed E-state index contributed by atoms with van der Waals surface area (Å²) in [7, 11) is 0.